The van der Waals surface area contributed by atoms with Crippen molar-refractivity contribution in [1.29, 1.82) is 0 Å². The standard InChI is InChI=1S/C26H29F3N2O5/c1-34-22-4-2-3-19(15-22)16-23(32)30-12-9-25(10-13-30)11-14-31(18-25)24(33)17-35-20-5-7-21(8-6-20)36-26(27,28)29/h2-8,15H,9-14,16-18H2,1H3. The minimum atomic E-state index is -4.76. The monoisotopic (exact) mass is 506 g/mol. The molecule has 1 spiro atoms. The normalized spacial score (nSPS) is 17.2. The van der Waals surface area contributed by atoms with E-state index in [4.69, 9.17) is 9.47 Å². The van der Waals surface area contributed by atoms with Gasteiger partial charge < -0.3 is 24.0 Å². The van der Waals surface area contributed by atoms with E-state index in [9.17, 15) is 22.8 Å². The summed E-state index contributed by atoms with van der Waals surface area (Å²) in [5, 5.41) is 0. The highest BCUT2D eigenvalue weighted by Crippen LogP contribution is 2.40. The summed E-state index contributed by atoms with van der Waals surface area (Å²) in [6, 6.07) is 12.5. The first-order valence-electron chi connectivity index (χ1n) is 11.8. The van der Waals surface area contributed by atoms with Crippen molar-refractivity contribution in [3.8, 4) is 17.2 Å². The van der Waals surface area contributed by atoms with Gasteiger partial charge in [-0.05, 0) is 66.6 Å². The molecule has 2 aromatic carbocycles. The van der Waals surface area contributed by atoms with Gasteiger partial charge in [0, 0.05) is 26.2 Å². The van der Waals surface area contributed by atoms with E-state index >= 15 is 0 Å². The zero-order valence-corrected chi connectivity index (χ0v) is 20.1. The molecule has 0 aromatic heterocycles. The second kappa shape index (κ2) is 10.7. The molecular weight excluding hydrogens is 477 g/mol. The summed E-state index contributed by atoms with van der Waals surface area (Å²) in [4.78, 5) is 29.1. The van der Waals surface area contributed by atoms with Gasteiger partial charge in [-0.25, -0.2) is 0 Å². The molecule has 0 unspecified atom stereocenters. The molecule has 36 heavy (non-hydrogen) atoms. The fraction of sp³-hybridized carbons (Fsp3) is 0.462. The smallest absolute Gasteiger partial charge is 0.497 e. The lowest BCUT2D eigenvalue weighted by molar-refractivity contribution is -0.274. The number of carbonyl (C=O) groups excluding carboxylic acids is 2. The van der Waals surface area contributed by atoms with E-state index in [0.717, 1.165) is 42.7 Å². The van der Waals surface area contributed by atoms with Crippen molar-refractivity contribution in [2.75, 3.05) is 39.9 Å². The number of methoxy groups -OCH3 is 1. The third-order valence-corrected chi connectivity index (χ3v) is 6.88. The Morgan fingerprint density at radius 3 is 2.17 bits per heavy atom. The van der Waals surface area contributed by atoms with Crippen LogP contribution in [0, 0.1) is 5.41 Å². The molecule has 2 aliphatic heterocycles. The van der Waals surface area contributed by atoms with Gasteiger partial charge in [0.25, 0.3) is 5.91 Å². The molecule has 2 heterocycles. The maximum absolute atomic E-state index is 12.8. The third-order valence-electron chi connectivity index (χ3n) is 6.88. The lowest BCUT2D eigenvalue weighted by Gasteiger charge is -2.39. The Morgan fingerprint density at radius 1 is 0.889 bits per heavy atom. The topological polar surface area (TPSA) is 68.3 Å². The third kappa shape index (κ3) is 6.61. The Balaban J connectivity index is 1.22. The van der Waals surface area contributed by atoms with Crippen molar-refractivity contribution >= 4 is 11.8 Å². The molecule has 0 radical (unpaired) electrons. The minimum Gasteiger partial charge on any atom is -0.497 e. The Bertz CT molecular complexity index is 1070. The number of ether oxygens (including phenoxy) is 3. The van der Waals surface area contributed by atoms with Crippen LogP contribution < -0.4 is 14.2 Å². The van der Waals surface area contributed by atoms with Crippen LogP contribution in [-0.2, 0) is 16.0 Å². The number of benzene rings is 2. The average Bonchev–Trinajstić information content (AvgIpc) is 3.26. The molecule has 0 atom stereocenters. The summed E-state index contributed by atoms with van der Waals surface area (Å²) in [7, 11) is 1.60. The van der Waals surface area contributed by atoms with Gasteiger partial charge >= 0.3 is 6.36 Å². The van der Waals surface area contributed by atoms with E-state index in [1.807, 2.05) is 29.2 Å². The van der Waals surface area contributed by atoms with Crippen LogP contribution in [0.3, 0.4) is 0 Å². The van der Waals surface area contributed by atoms with E-state index in [1.54, 1.807) is 12.0 Å². The van der Waals surface area contributed by atoms with Gasteiger partial charge in [0.05, 0.1) is 13.5 Å². The second-order valence-corrected chi connectivity index (χ2v) is 9.28. The number of rotatable bonds is 7. The number of nitrogens with zero attached hydrogens (tertiary/aromatic N) is 2. The molecule has 2 saturated heterocycles. The summed E-state index contributed by atoms with van der Waals surface area (Å²) in [5.74, 6) is 0.582. The van der Waals surface area contributed by atoms with Crippen LogP contribution in [0.2, 0.25) is 0 Å². The Kier molecular flexibility index (Phi) is 7.61. The summed E-state index contributed by atoms with van der Waals surface area (Å²) in [5.41, 5.74) is 0.915. The van der Waals surface area contributed by atoms with Gasteiger partial charge in [0.2, 0.25) is 5.91 Å². The van der Waals surface area contributed by atoms with Crippen molar-refractivity contribution < 1.29 is 37.0 Å². The van der Waals surface area contributed by atoms with E-state index in [1.165, 1.54) is 12.1 Å². The Hall–Kier alpha value is -3.43. The predicted octanol–water partition coefficient (Wildman–Crippen LogP) is 4.06. The molecule has 0 aliphatic carbocycles. The van der Waals surface area contributed by atoms with Gasteiger partial charge in [0.1, 0.15) is 17.2 Å². The maximum Gasteiger partial charge on any atom is 0.573 e. The number of hydrogen-bond acceptors (Lipinski definition) is 5. The molecule has 2 fully saturated rings. The molecule has 0 saturated carbocycles. The van der Waals surface area contributed by atoms with Crippen molar-refractivity contribution in [2.24, 2.45) is 5.41 Å². The molecular formula is C26H29F3N2O5. The van der Waals surface area contributed by atoms with Gasteiger partial charge in [0.15, 0.2) is 6.61 Å². The largest absolute Gasteiger partial charge is 0.573 e. The van der Waals surface area contributed by atoms with Gasteiger partial charge in [-0.2, -0.15) is 0 Å². The number of alkyl halides is 3. The number of halogens is 3. The number of piperidine rings is 1. The van der Waals surface area contributed by atoms with Crippen LogP contribution >= 0.6 is 0 Å². The summed E-state index contributed by atoms with van der Waals surface area (Å²) in [6.07, 6.45) is -1.89. The van der Waals surface area contributed by atoms with Crippen molar-refractivity contribution in [3.05, 3.63) is 54.1 Å². The van der Waals surface area contributed by atoms with Gasteiger partial charge in [-0.1, -0.05) is 12.1 Å². The first-order valence-corrected chi connectivity index (χ1v) is 11.8. The van der Waals surface area contributed by atoms with Crippen LogP contribution in [0.5, 0.6) is 17.2 Å². The molecule has 194 valence electrons. The Labute approximate surface area is 207 Å². The van der Waals surface area contributed by atoms with Crippen LogP contribution in [0.25, 0.3) is 0 Å². The van der Waals surface area contributed by atoms with E-state index in [2.05, 4.69) is 4.74 Å². The summed E-state index contributed by atoms with van der Waals surface area (Å²) < 4.78 is 51.3. The second-order valence-electron chi connectivity index (χ2n) is 9.28. The summed E-state index contributed by atoms with van der Waals surface area (Å²) >= 11 is 0. The molecule has 0 bridgehead atoms. The van der Waals surface area contributed by atoms with Crippen molar-refractivity contribution in [1.82, 2.24) is 9.80 Å². The molecule has 2 amide bonds. The zero-order chi connectivity index (χ0) is 25.8. The Morgan fingerprint density at radius 2 is 1.53 bits per heavy atom. The first-order chi connectivity index (χ1) is 17.1. The van der Waals surface area contributed by atoms with Gasteiger partial charge in [-0.15, -0.1) is 13.2 Å². The lowest BCUT2D eigenvalue weighted by atomic mass is 9.77. The molecule has 4 rings (SSSR count). The van der Waals surface area contributed by atoms with Gasteiger partial charge in [-0.3, -0.25) is 9.59 Å². The fourth-order valence-corrected chi connectivity index (χ4v) is 4.83. The predicted molar refractivity (Wildman–Crippen MR) is 125 cm³/mol. The molecule has 7 nitrogen and oxygen atoms in total. The number of hydrogen-bond donors (Lipinski definition) is 0. The average molecular weight is 507 g/mol. The minimum absolute atomic E-state index is 0.00100. The highest BCUT2D eigenvalue weighted by atomic mass is 19.4. The highest BCUT2D eigenvalue weighted by Gasteiger charge is 2.42. The van der Waals surface area contributed by atoms with Crippen LogP contribution in [0.15, 0.2) is 48.5 Å². The van der Waals surface area contributed by atoms with Crippen LogP contribution in [0.1, 0.15) is 24.8 Å². The van der Waals surface area contributed by atoms with Crippen LogP contribution in [0.4, 0.5) is 13.2 Å². The molecule has 0 N–H and O–H groups in total. The number of likely N-dealkylation sites (tertiary alicyclic amines) is 2. The lowest BCUT2D eigenvalue weighted by Crippen LogP contribution is -2.45. The first kappa shape index (κ1) is 25.7. The number of carbonyl (C=O) groups is 2. The molecule has 2 aliphatic rings. The maximum atomic E-state index is 12.8. The zero-order valence-electron chi connectivity index (χ0n) is 20.1. The summed E-state index contributed by atoms with van der Waals surface area (Å²) in [6.45, 7) is 2.37. The van der Waals surface area contributed by atoms with Crippen molar-refractivity contribution in [2.45, 2.75) is 32.0 Å². The van der Waals surface area contributed by atoms with E-state index in [0.29, 0.717) is 32.6 Å². The SMILES string of the molecule is COc1cccc(CC(=O)N2CCC3(CC2)CCN(C(=O)COc2ccc(OC(F)(F)F)cc2)C3)c1. The number of amides is 2. The van der Waals surface area contributed by atoms with Crippen molar-refractivity contribution in [3.63, 3.8) is 0 Å². The highest BCUT2D eigenvalue weighted by molar-refractivity contribution is 5.79. The quantitative estimate of drug-likeness (QED) is 0.567. The van der Waals surface area contributed by atoms with Crippen LogP contribution in [-0.4, -0.2) is 67.9 Å². The van der Waals surface area contributed by atoms with E-state index in [-0.39, 0.29) is 35.3 Å². The van der Waals surface area contributed by atoms with E-state index < -0.39 is 6.36 Å². The molecule has 10 heteroatoms. The molecule has 2 aromatic rings. The fourth-order valence-electron chi connectivity index (χ4n) is 4.83.